The largest absolute Gasteiger partial charge is 0.361 e. The Morgan fingerprint density at radius 1 is 1.04 bits per heavy atom. The molecule has 0 bridgehead atoms. The van der Waals surface area contributed by atoms with Crippen molar-refractivity contribution < 1.29 is 0 Å². The highest BCUT2D eigenvalue weighted by Crippen LogP contribution is 2.24. The summed E-state index contributed by atoms with van der Waals surface area (Å²) in [4.78, 5) is 5.94. The van der Waals surface area contributed by atoms with Crippen LogP contribution in [0.15, 0.2) is 66.9 Å². The van der Waals surface area contributed by atoms with Crippen molar-refractivity contribution in [3.05, 3.63) is 83.0 Å². The van der Waals surface area contributed by atoms with E-state index >= 15 is 0 Å². The lowest BCUT2D eigenvalue weighted by molar-refractivity contribution is 0.278. The van der Waals surface area contributed by atoms with Gasteiger partial charge in [-0.1, -0.05) is 54.1 Å². The molecule has 0 saturated carbocycles. The van der Waals surface area contributed by atoms with E-state index in [1.54, 1.807) is 0 Å². The van der Waals surface area contributed by atoms with E-state index < -0.39 is 0 Å². The highest BCUT2D eigenvalue weighted by molar-refractivity contribution is 6.30. The van der Waals surface area contributed by atoms with Gasteiger partial charge in [-0.3, -0.25) is 4.90 Å². The Morgan fingerprint density at radius 3 is 2.77 bits per heavy atom. The number of unbranched alkanes of at least 4 members (excludes halogenated alkanes) is 1. The zero-order valence-corrected chi connectivity index (χ0v) is 15.8. The Labute approximate surface area is 160 Å². The van der Waals surface area contributed by atoms with Crippen LogP contribution in [-0.4, -0.2) is 29.5 Å². The molecule has 1 aliphatic rings. The molecule has 3 heteroatoms. The third-order valence-electron chi connectivity index (χ3n) is 5.33. The van der Waals surface area contributed by atoms with E-state index in [0.717, 1.165) is 31.1 Å². The molecule has 0 saturated heterocycles. The zero-order chi connectivity index (χ0) is 17.8. The summed E-state index contributed by atoms with van der Waals surface area (Å²) in [6, 6.07) is 16.9. The summed E-state index contributed by atoms with van der Waals surface area (Å²) in [6.07, 6.45) is 10.4. The second kappa shape index (κ2) is 8.11. The molecule has 2 nitrogen and oxygen atoms in total. The normalized spacial score (nSPS) is 17.8. The summed E-state index contributed by atoms with van der Waals surface area (Å²) < 4.78 is 0. The van der Waals surface area contributed by atoms with Crippen LogP contribution in [0.1, 0.15) is 29.9 Å². The molecule has 26 heavy (non-hydrogen) atoms. The molecular formula is C23H25ClN2. The molecule has 2 heterocycles. The van der Waals surface area contributed by atoms with Crippen LogP contribution in [0.3, 0.4) is 0 Å². The number of rotatable bonds is 6. The van der Waals surface area contributed by atoms with Gasteiger partial charge in [0, 0.05) is 41.1 Å². The summed E-state index contributed by atoms with van der Waals surface area (Å²) in [5, 5.41) is 2.18. The van der Waals surface area contributed by atoms with Gasteiger partial charge in [-0.25, -0.2) is 0 Å². The van der Waals surface area contributed by atoms with Crippen molar-refractivity contribution in [2.45, 2.75) is 25.2 Å². The lowest BCUT2D eigenvalue weighted by Gasteiger charge is -2.29. The number of hydrogen-bond acceptors (Lipinski definition) is 1. The average molecular weight is 365 g/mol. The van der Waals surface area contributed by atoms with Gasteiger partial charge in [0.25, 0.3) is 0 Å². The quantitative estimate of drug-likeness (QED) is 0.432. The van der Waals surface area contributed by atoms with Gasteiger partial charge in [0.2, 0.25) is 0 Å². The minimum Gasteiger partial charge on any atom is -0.361 e. The maximum absolute atomic E-state index is 6.01. The number of nitrogens with one attached hydrogen (secondary N) is 1. The third-order valence-corrected chi connectivity index (χ3v) is 5.58. The summed E-state index contributed by atoms with van der Waals surface area (Å²) in [7, 11) is 0. The standard InChI is InChI=1S/C23H25ClN2/c24-21-12-10-18(11-13-21)20-7-5-15-26(17-20)14-4-3-6-19-16-25-23-9-2-1-8-22(19)23/h1-2,5,7-13,16,20,25H,3-4,6,14-15,17H2. The van der Waals surface area contributed by atoms with Gasteiger partial charge in [0.05, 0.1) is 0 Å². The molecule has 0 radical (unpaired) electrons. The SMILES string of the molecule is Clc1ccc(C2C=CCN(CCCCc3c[nH]c4ccccc34)C2)cc1. The third kappa shape index (κ3) is 4.03. The van der Waals surface area contributed by atoms with Crippen LogP contribution in [0, 0.1) is 0 Å². The van der Waals surface area contributed by atoms with E-state index in [9.17, 15) is 0 Å². The lowest BCUT2D eigenvalue weighted by atomic mass is 9.95. The molecule has 1 aromatic heterocycles. The van der Waals surface area contributed by atoms with Crippen molar-refractivity contribution in [3.8, 4) is 0 Å². The highest BCUT2D eigenvalue weighted by Gasteiger charge is 2.16. The maximum atomic E-state index is 6.01. The van der Waals surface area contributed by atoms with Crippen molar-refractivity contribution >= 4 is 22.5 Å². The predicted octanol–water partition coefficient (Wildman–Crippen LogP) is 5.80. The number of H-pyrrole nitrogens is 1. The molecule has 3 aromatic rings. The second-order valence-electron chi connectivity index (χ2n) is 7.16. The summed E-state index contributed by atoms with van der Waals surface area (Å²) in [6.45, 7) is 3.33. The van der Waals surface area contributed by atoms with Crippen LogP contribution in [-0.2, 0) is 6.42 Å². The van der Waals surface area contributed by atoms with Crippen LogP contribution in [0.2, 0.25) is 5.02 Å². The number of hydrogen-bond donors (Lipinski definition) is 1. The Morgan fingerprint density at radius 2 is 1.88 bits per heavy atom. The van der Waals surface area contributed by atoms with E-state index in [4.69, 9.17) is 11.6 Å². The van der Waals surface area contributed by atoms with E-state index in [1.807, 2.05) is 12.1 Å². The van der Waals surface area contributed by atoms with Gasteiger partial charge in [-0.15, -0.1) is 0 Å². The van der Waals surface area contributed by atoms with Crippen molar-refractivity contribution in [1.29, 1.82) is 0 Å². The molecule has 0 spiro atoms. The first-order valence-corrected chi connectivity index (χ1v) is 9.87. The minimum absolute atomic E-state index is 0.481. The molecule has 0 aliphatic carbocycles. The number of fused-ring (bicyclic) bond motifs is 1. The Bertz CT molecular complexity index is 879. The molecule has 1 N–H and O–H groups in total. The van der Waals surface area contributed by atoms with E-state index in [2.05, 4.69) is 64.6 Å². The number of para-hydroxylation sites is 1. The number of aromatic amines is 1. The monoisotopic (exact) mass is 364 g/mol. The molecular weight excluding hydrogens is 340 g/mol. The summed E-state index contributed by atoms with van der Waals surface area (Å²) in [5.41, 5.74) is 4.04. The van der Waals surface area contributed by atoms with Gasteiger partial charge < -0.3 is 4.98 Å². The molecule has 1 unspecified atom stereocenters. The number of aromatic nitrogens is 1. The molecule has 0 amide bonds. The van der Waals surface area contributed by atoms with Gasteiger partial charge >= 0.3 is 0 Å². The smallest absolute Gasteiger partial charge is 0.0456 e. The number of benzene rings is 2. The number of halogens is 1. The van der Waals surface area contributed by atoms with E-state index in [-0.39, 0.29) is 0 Å². The van der Waals surface area contributed by atoms with Gasteiger partial charge in [0.15, 0.2) is 0 Å². The zero-order valence-electron chi connectivity index (χ0n) is 15.0. The molecule has 1 atom stereocenters. The fraction of sp³-hybridized carbons (Fsp3) is 0.304. The fourth-order valence-corrected chi connectivity index (χ4v) is 4.01. The summed E-state index contributed by atoms with van der Waals surface area (Å²) >= 11 is 6.01. The van der Waals surface area contributed by atoms with Crippen molar-refractivity contribution in [1.82, 2.24) is 9.88 Å². The van der Waals surface area contributed by atoms with Crippen molar-refractivity contribution in [3.63, 3.8) is 0 Å². The first kappa shape index (κ1) is 17.4. The van der Waals surface area contributed by atoms with Crippen LogP contribution < -0.4 is 0 Å². The van der Waals surface area contributed by atoms with Gasteiger partial charge in [0.1, 0.15) is 0 Å². The minimum atomic E-state index is 0.481. The first-order chi connectivity index (χ1) is 12.8. The molecule has 0 fully saturated rings. The second-order valence-corrected chi connectivity index (χ2v) is 7.60. The average Bonchev–Trinajstić information content (AvgIpc) is 3.09. The molecule has 134 valence electrons. The molecule has 1 aliphatic heterocycles. The first-order valence-electron chi connectivity index (χ1n) is 9.49. The van der Waals surface area contributed by atoms with Crippen LogP contribution in [0.5, 0.6) is 0 Å². The summed E-state index contributed by atoms with van der Waals surface area (Å²) in [5.74, 6) is 0.481. The Balaban J connectivity index is 1.27. The maximum Gasteiger partial charge on any atom is 0.0456 e. The molecule has 2 aromatic carbocycles. The van der Waals surface area contributed by atoms with Crippen LogP contribution in [0.4, 0.5) is 0 Å². The topological polar surface area (TPSA) is 19.0 Å². The van der Waals surface area contributed by atoms with Crippen LogP contribution >= 0.6 is 11.6 Å². The van der Waals surface area contributed by atoms with Gasteiger partial charge in [-0.2, -0.15) is 0 Å². The highest BCUT2D eigenvalue weighted by atomic mass is 35.5. The number of aryl methyl sites for hydroxylation is 1. The fourth-order valence-electron chi connectivity index (χ4n) is 3.89. The number of nitrogens with zero attached hydrogens (tertiary/aromatic N) is 1. The predicted molar refractivity (Wildman–Crippen MR) is 111 cm³/mol. The Kier molecular flexibility index (Phi) is 5.42. The van der Waals surface area contributed by atoms with Crippen LogP contribution in [0.25, 0.3) is 10.9 Å². The van der Waals surface area contributed by atoms with E-state index in [0.29, 0.717) is 5.92 Å². The van der Waals surface area contributed by atoms with E-state index in [1.165, 1.54) is 34.9 Å². The van der Waals surface area contributed by atoms with Crippen molar-refractivity contribution in [2.75, 3.05) is 19.6 Å². The van der Waals surface area contributed by atoms with Crippen molar-refractivity contribution in [2.24, 2.45) is 0 Å². The lowest BCUT2D eigenvalue weighted by Crippen LogP contribution is -2.32. The molecule has 4 rings (SSSR count). The Hall–Kier alpha value is -2.03. The van der Waals surface area contributed by atoms with Gasteiger partial charge in [-0.05, 0) is 55.1 Å².